The lowest BCUT2D eigenvalue weighted by molar-refractivity contribution is 0.487. The van der Waals surface area contributed by atoms with Gasteiger partial charge in [0.1, 0.15) is 0 Å². The number of nitrogens with zero attached hydrogens (tertiary/aromatic N) is 2. The molecule has 0 aliphatic rings. The van der Waals surface area contributed by atoms with E-state index in [9.17, 15) is 0 Å². The lowest BCUT2D eigenvalue weighted by Crippen LogP contribution is -2.22. The summed E-state index contributed by atoms with van der Waals surface area (Å²) in [5.74, 6) is 0. The molecule has 0 aliphatic heterocycles. The van der Waals surface area contributed by atoms with E-state index in [4.69, 9.17) is 0 Å². The van der Waals surface area contributed by atoms with Crippen molar-refractivity contribution in [2.24, 2.45) is 0 Å². The fourth-order valence-electron chi connectivity index (χ4n) is 1.79. The zero-order chi connectivity index (χ0) is 12.3. The van der Waals surface area contributed by atoms with Crippen LogP contribution < -0.4 is 5.32 Å². The molecule has 2 atom stereocenters. The van der Waals surface area contributed by atoms with Gasteiger partial charge in [-0.2, -0.15) is 0 Å². The topological polar surface area (TPSA) is 37.8 Å². The Balaban J connectivity index is 2.02. The Bertz CT molecular complexity index is 467. The molecule has 0 aromatic carbocycles. The van der Waals surface area contributed by atoms with Crippen molar-refractivity contribution in [3.8, 4) is 0 Å². The normalized spacial score (nSPS) is 14.5. The Morgan fingerprint density at radius 3 is 2.47 bits per heavy atom. The van der Waals surface area contributed by atoms with Crippen LogP contribution in [-0.4, -0.2) is 9.97 Å². The summed E-state index contributed by atoms with van der Waals surface area (Å²) in [4.78, 5) is 8.53. The van der Waals surface area contributed by atoms with E-state index in [1.54, 1.807) is 11.3 Å². The van der Waals surface area contributed by atoms with Crippen molar-refractivity contribution in [1.29, 1.82) is 0 Å². The first-order chi connectivity index (χ1) is 8.16. The molecule has 1 unspecified atom stereocenters. The first-order valence-corrected chi connectivity index (χ1v) is 6.63. The van der Waals surface area contributed by atoms with Gasteiger partial charge in [-0.1, -0.05) is 0 Å². The molecule has 0 saturated heterocycles. The molecular weight excluding hydrogens is 230 g/mol. The van der Waals surface area contributed by atoms with E-state index < -0.39 is 0 Å². The van der Waals surface area contributed by atoms with Crippen LogP contribution in [0.4, 0.5) is 0 Å². The van der Waals surface area contributed by atoms with Crippen LogP contribution in [0.3, 0.4) is 0 Å². The molecule has 2 aromatic heterocycles. The maximum absolute atomic E-state index is 4.50. The van der Waals surface area contributed by atoms with Crippen molar-refractivity contribution in [2.75, 3.05) is 0 Å². The van der Waals surface area contributed by atoms with Gasteiger partial charge in [0.2, 0.25) is 0 Å². The first kappa shape index (κ1) is 12.2. The average molecular weight is 247 g/mol. The third-order valence-corrected chi connectivity index (χ3v) is 3.58. The van der Waals surface area contributed by atoms with Gasteiger partial charge in [0.15, 0.2) is 0 Å². The van der Waals surface area contributed by atoms with E-state index >= 15 is 0 Å². The van der Waals surface area contributed by atoms with Crippen LogP contribution in [0.15, 0.2) is 29.9 Å². The zero-order valence-electron chi connectivity index (χ0n) is 10.3. The second-order valence-corrected chi connectivity index (χ2v) is 5.24. The zero-order valence-corrected chi connectivity index (χ0v) is 11.2. The van der Waals surface area contributed by atoms with Crippen LogP contribution in [0.1, 0.15) is 42.2 Å². The highest BCUT2D eigenvalue weighted by Gasteiger charge is 2.12. The fraction of sp³-hybridized carbons (Fsp3) is 0.385. The van der Waals surface area contributed by atoms with Crippen molar-refractivity contribution < 1.29 is 0 Å². The summed E-state index contributed by atoms with van der Waals surface area (Å²) in [6, 6.07) is 4.64. The average Bonchev–Trinajstić information content (AvgIpc) is 2.77. The fourth-order valence-corrected chi connectivity index (χ4v) is 2.49. The third kappa shape index (κ3) is 3.11. The smallest absolute Gasteiger partial charge is 0.0898 e. The van der Waals surface area contributed by atoms with E-state index in [0.29, 0.717) is 6.04 Å². The Kier molecular flexibility index (Phi) is 3.86. The molecule has 90 valence electrons. The van der Waals surface area contributed by atoms with Crippen LogP contribution in [0.5, 0.6) is 0 Å². The largest absolute Gasteiger partial charge is 0.302 e. The molecule has 0 fully saturated rings. The number of thiazole rings is 1. The molecule has 0 aliphatic carbocycles. The lowest BCUT2D eigenvalue weighted by atomic mass is 10.1. The Labute approximate surface area is 106 Å². The summed E-state index contributed by atoms with van der Waals surface area (Å²) in [6.45, 7) is 6.34. The summed E-state index contributed by atoms with van der Waals surface area (Å²) in [6.07, 6.45) is 3.65. The molecule has 4 heteroatoms. The Hall–Kier alpha value is -1.26. The Morgan fingerprint density at radius 2 is 1.88 bits per heavy atom. The predicted molar refractivity (Wildman–Crippen MR) is 71.1 cm³/mol. The summed E-state index contributed by atoms with van der Waals surface area (Å²) in [7, 11) is 0. The quantitative estimate of drug-likeness (QED) is 0.901. The summed E-state index contributed by atoms with van der Waals surface area (Å²) >= 11 is 1.69. The Morgan fingerprint density at radius 1 is 1.18 bits per heavy atom. The number of rotatable bonds is 4. The van der Waals surface area contributed by atoms with Crippen LogP contribution in [-0.2, 0) is 0 Å². The highest BCUT2D eigenvalue weighted by molar-refractivity contribution is 7.09. The van der Waals surface area contributed by atoms with Gasteiger partial charge in [-0.05, 0) is 38.5 Å². The molecule has 0 bridgehead atoms. The molecule has 2 rings (SSSR count). The van der Waals surface area contributed by atoms with Gasteiger partial charge in [-0.3, -0.25) is 4.98 Å². The highest BCUT2D eigenvalue weighted by atomic mass is 32.1. The summed E-state index contributed by atoms with van der Waals surface area (Å²) < 4.78 is 0. The van der Waals surface area contributed by atoms with E-state index in [-0.39, 0.29) is 6.04 Å². The van der Waals surface area contributed by atoms with Gasteiger partial charge in [0.25, 0.3) is 0 Å². The van der Waals surface area contributed by atoms with Crippen molar-refractivity contribution in [3.05, 3.63) is 46.2 Å². The first-order valence-electron chi connectivity index (χ1n) is 5.75. The molecule has 2 heterocycles. The second-order valence-electron chi connectivity index (χ2n) is 4.18. The van der Waals surface area contributed by atoms with Crippen molar-refractivity contribution >= 4 is 11.3 Å². The molecule has 1 N–H and O–H groups in total. The van der Waals surface area contributed by atoms with Gasteiger partial charge in [-0.15, -0.1) is 11.3 Å². The third-order valence-electron chi connectivity index (χ3n) is 2.79. The van der Waals surface area contributed by atoms with Crippen LogP contribution in [0, 0.1) is 6.92 Å². The SMILES string of the molecule is Cc1nc(C(C)N[C@@H](C)c2ccncc2)cs1. The molecule has 0 radical (unpaired) electrons. The maximum Gasteiger partial charge on any atom is 0.0898 e. The standard InChI is InChI=1S/C13H17N3S/c1-9(12-4-6-14-7-5-12)15-10(2)13-8-17-11(3)16-13/h4-10,15H,1-3H3/t9-,10?/m0/s1. The molecule has 3 nitrogen and oxygen atoms in total. The van der Waals surface area contributed by atoms with E-state index in [0.717, 1.165) is 10.7 Å². The molecule has 0 spiro atoms. The number of hydrogen-bond donors (Lipinski definition) is 1. The van der Waals surface area contributed by atoms with Gasteiger partial charge in [0.05, 0.1) is 10.7 Å². The van der Waals surface area contributed by atoms with E-state index in [1.165, 1.54) is 5.56 Å². The highest BCUT2D eigenvalue weighted by Crippen LogP contribution is 2.20. The number of hydrogen-bond acceptors (Lipinski definition) is 4. The number of aromatic nitrogens is 2. The maximum atomic E-state index is 4.50. The van der Waals surface area contributed by atoms with Crippen LogP contribution in [0.25, 0.3) is 0 Å². The monoisotopic (exact) mass is 247 g/mol. The van der Waals surface area contributed by atoms with E-state index in [1.807, 2.05) is 31.5 Å². The number of aryl methyl sites for hydroxylation is 1. The van der Waals surface area contributed by atoms with E-state index in [2.05, 4.69) is 34.5 Å². The van der Waals surface area contributed by atoms with Gasteiger partial charge < -0.3 is 5.32 Å². The van der Waals surface area contributed by atoms with Crippen LogP contribution >= 0.6 is 11.3 Å². The molecular formula is C13H17N3S. The van der Waals surface area contributed by atoms with Crippen molar-refractivity contribution in [2.45, 2.75) is 32.9 Å². The minimum Gasteiger partial charge on any atom is -0.302 e. The number of pyridine rings is 1. The van der Waals surface area contributed by atoms with Gasteiger partial charge in [0, 0.05) is 29.9 Å². The second kappa shape index (κ2) is 5.38. The minimum absolute atomic E-state index is 0.267. The molecule has 0 saturated carbocycles. The lowest BCUT2D eigenvalue weighted by Gasteiger charge is -2.18. The van der Waals surface area contributed by atoms with Crippen molar-refractivity contribution in [1.82, 2.24) is 15.3 Å². The summed E-state index contributed by atoms with van der Waals surface area (Å²) in [5.41, 5.74) is 2.37. The number of nitrogens with one attached hydrogen (secondary N) is 1. The van der Waals surface area contributed by atoms with Crippen LogP contribution in [0.2, 0.25) is 0 Å². The van der Waals surface area contributed by atoms with Gasteiger partial charge >= 0.3 is 0 Å². The predicted octanol–water partition coefficient (Wildman–Crippen LogP) is 3.26. The minimum atomic E-state index is 0.267. The molecule has 17 heavy (non-hydrogen) atoms. The van der Waals surface area contributed by atoms with Gasteiger partial charge in [-0.25, -0.2) is 4.98 Å². The van der Waals surface area contributed by atoms with Crippen molar-refractivity contribution in [3.63, 3.8) is 0 Å². The molecule has 2 aromatic rings. The molecule has 0 amide bonds. The summed E-state index contributed by atoms with van der Waals surface area (Å²) in [5, 5.41) is 6.78.